The highest BCUT2D eigenvalue weighted by molar-refractivity contribution is 5.85. The van der Waals surface area contributed by atoms with E-state index in [1.165, 1.54) is 19.3 Å². The van der Waals surface area contributed by atoms with Gasteiger partial charge in [0.25, 0.3) is 5.91 Å². The lowest BCUT2D eigenvalue weighted by Crippen LogP contribution is -2.51. The number of amides is 1. The SMILES string of the molecule is C[C@H](OC(=O)C12CC3CC(CC(C3)C1)C2)C(=O)NCc1ccccc1. The van der Waals surface area contributed by atoms with Gasteiger partial charge < -0.3 is 10.1 Å². The van der Waals surface area contributed by atoms with E-state index in [1.807, 2.05) is 30.3 Å². The van der Waals surface area contributed by atoms with Crippen LogP contribution in [0.4, 0.5) is 0 Å². The van der Waals surface area contributed by atoms with Crippen LogP contribution in [0.5, 0.6) is 0 Å². The third-order valence-electron chi connectivity index (χ3n) is 6.43. The van der Waals surface area contributed by atoms with Gasteiger partial charge in [0.15, 0.2) is 6.10 Å². The van der Waals surface area contributed by atoms with Crippen LogP contribution in [0.15, 0.2) is 30.3 Å². The van der Waals surface area contributed by atoms with Crippen LogP contribution in [0.25, 0.3) is 0 Å². The van der Waals surface area contributed by atoms with Crippen LogP contribution in [-0.2, 0) is 20.9 Å². The second kappa shape index (κ2) is 6.47. The Morgan fingerprint density at radius 1 is 1.08 bits per heavy atom. The Hall–Kier alpha value is -1.84. The molecule has 4 aliphatic rings. The number of hydrogen-bond donors (Lipinski definition) is 1. The minimum absolute atomic E-state index is 0.131. The molecule has 0 aromatic heterocycles. The van der Waals surface area contributed by atoms with Crippen molar-refractivity contribution < 1.29 is 14.3 Å². The van der Waals surface area contributed by atoms with Crippen LogP contribution in [0, 0.1) is 23.2 Å². The highest BCUT2D eigenvalue weighted by Gasteiger charge is 2.55. The van der Waals surface area contributed by atoms with E-state index in [2.05, 4.69) is 5.32 Å². The van der Waals surface area contributed by atoms with Gasteiger partial charge in [0.05, 0.1) is 5.41 Å². The maximum Gasteiger partial charge on any atom is 0.312 e. The number of hydrogen-bond acceptors (Lipinski definition) is 3. The van der Waals surface area contributed by atoms with Gasteiger partial charge in [0, 0.05) is 6.54 Å². The molecular formula is C21H27NO3. The van der Waals surface area contributed by atoms with Crippen LogP contribution >= 0.6 is 0 Å². The van der Waals surface area contributed by atoms with E-state index in [0.29, 0.717) is 24.3 Å². The summed E-state index contributed by atoms with van der Waals surface area (Å²) in [7, 11) is 0. The lowest BCUT2D eigenvalue weighted by Gasteiger charge is -2.55. The Kier molecular flexibility index (Phi) is 4.30. The first-order chi connectivity index (χ1) is 12.0. The largest absolute Gasteiger partial charge is 0.452 e. The summed E-state index contributed by atoms with van der Waals surface area (Å²) in [5.74, 6) is 1.74. The zero-order valence-electron chi connectivity index (χ0n) is 14.9. The molecule has 4 saturated carbocycles. The summed E-state index contributed by atoms with van der Waals surface area (Å²) in [5, 5.41) is 2.86. The number of carbonyl (C=O) groups excluding carboxylic acids is 2. The molecule has 4 nitrogen and oxygen atoms in total. The summed E-state index contributed by atoms with van der Waals surface area (Å²) in [6.07, 6.45) is 6.05. The first kappa shape index (κ1) is 16.6. The van der Waals surface area contributed by atoms with Gasteiger partial charge in [-0.1, -0.05) is 30.3 Å². The van der Waals surface area contributed by atoms with Gasteiger partial charge in [-0.3, -0.25) is 9.59 Å². The lowest BCUT2D eigenvalue weighted by atomic mass is 9.49. The molecule has 0 spiro atoms. The summed E-state index contributed by atoms with van der Waals surface area (Å²) in [6.45, 7) is 2.14. The Morgan fingerprint density at radius 2 is 1.64 bits per heavy atom. The second-order valence-corrected chi connectivity index (χ2v) is 8.45. The molecule has 25 heavy (non-hydrogen) atoms. The van der Waals surface area contributed by atoms with Crippen LogP contribution in [0.2, 0.25) is 0 Å². The van der Waals surface area contributed by atoms with Gasteiger partial charge in [-0.2, -0.15) is 0 Å². The smallest absolute Gasteiger partial charge is 0.312 e. The third-order valence-corrected chi connectivity index (χ3v) is 6.43. The highest BCUT2D eigenvalue weighted by Crippen LogP contribution is 2.60. The van der Waals surface area contributed by atoms with Crippen molar-refractivity contribution in [1.82, 2.24) is 5.32 Å². The maximum atomic E-state index is 12.9. The molecule has 0 heterocycles. The second-order valence-electron chi connectivity index (χ2n) is 8.45. The van der Waals surface area contributed by atoms with Gasteiger partial charge in [0.2, 0.25) is 0 Å². The molecule has 0 aliphatic heterocycles. The van der Waals surface area contributed by atoms with Crippen LogP contribution in [0.1, 0.15) is 51.0 Å². The van der Waals surface area contributed by atoms with E-state index in [-0.39, 0.29) is 17.3 Å². The van der Waals surface area contributed by atoms with Gasteiger partial charge in [-0.05, 0) is 68.8 Å². The van der Waals surface area contributed by atoms with Crippen LogP contribution in [0.3, 0.4) is 0 Å². The maximum absolute atomic E-state index is 12.9. The number of ether oxygens (including phenoxy) is 1. The standard InChI is InChI=1S/C21H27NO3/c1-14(19(23)22-13-15-5-3-2-4-6-15)25-20(24)21-10-16-7-17(11-21)9-18(8-16)12-21/h2-6,14,16-18H,7-13H2,1H3,(H,22,23)/t14-,16?,17?,18?,21?/m0/s1. The third kappa shape index (κ3) is 3.31. The number of rotatable bonds is 5. The highest BCUT2D eigenvalue weighted by atomic mass is 16.5. The van der Waals surface area contributed by atoms with E-state index < -0.39 is 6.10 Å². The molecule has 4 bridgehead atoms. The van der Waals surface area contributed by atoms with Crippen molar-refractivity contribution in [2.75, 3.05) is 0 Å². The zero-order chi connectivity index (χ0) is 17.4. The summed E-state index contributed by atoms with van der Waals surface area (Å²) in [5.41, 5.74) is 0.735. The topological polar surface area (TPSA) is 55.4 Å². The fourth-order valence-electron chi connectivity index (χ4n) is 5.63. The van der Waals surface area contributed by atoms with E-state index >= 15 is 0 Å². The minimum atomic E-state index is -0.732. The molecule has 0 radical (unpaired) electrons. The molecule has 1 atom stereocenters. The van der Waals surface area contributed by atoms with Crippen molar-refractivity contribution in [3.63, 3.8) is 0 Å². The molecule has 1 aromatic carbocycles. The van der Waals surface area contributed by atoms with E-state index in [4.69, 9.17) is 4.74 Å². The van der Waals surface area contributed by atoms with E-state index in [9.17, 15) is 9.59 Å². The van der Waals surface area contributed by atoms with Gasteiger partial charge in [-0.15, -0.1) is 0 Å². The predicted molar refractivity (Wildman–Crippen MR) is 94.4 cm³/mol. The van der Waals surface area contributed by atoms with Crippen molar-refractivity contribution in [2.24, 2.45) is 23.2 Å². The van der Waals surface area contributed by atoms with E-state index in [0.717, 1.165) is 24.8 Å². The normalized spacial score (nSPS) is 33.7. The molecule has 1 N–H and O–H groups in total. The van der Waals surface area contributed by atoms with Gasteiger partial charge in [-0.25, -0.2) is 0 Å². The first-order valence-corrected chi connectivity index (χ1v) is 9.57. The molecule has 4 aliphatic carbocycles. The van der Waals surface area contributed by atoms with Crippen molar-refractivity contribution in [2.45, 2.75) is 58.1 Å². The van der Waals surface area contributed by atoms with Crippen molar-refractivity contribution in [1.29, 1.82) is 0 Å². The molecule has 134 valence electrons. The Labute approximate surface area is 149 Å². The summed E-state index contributed by atoms with van der Waals surface area (Å²) < 4.78 is 5.63. The zero-order valence-corrected chi connectivity index (χ0v) is 14.9. The fraction of sp³-hybridized carbons (Fsp3) is 0.619. The summed E-state index contributed by atoms with van der Waals surface area (Å²) in [6, 6.07) is 9.76. The molecule has 4 fully saturated rings. The van der Waals surface area contributed by atoms with E-state index in [1.54, 1.807) is 6.92 Å². The van der Waals surface area contributed by atoms with Gasteiger partial charge >= 0.3 is 5.97 Å². The Morgan fingerprint density at radius 3 is 2.20 bits per heavy atom. The lowest BCUT2D eigenvalue weighted by molar-refractivity contribution is -0.178. The van der Waals surface area contributed by atoms with Crippen molar-refractivity contribution >= 4 is 11.9 Å². The molecule has 5 rings (SSSR count). The molecule has 0 unspecified atom stereocenters. The molecular weight excluding hydrogens is 314 g/mol. The van der Waals surface area contributed by atoms with Crippen molar-refractivity contribution in [3.8, 4) is 0 Å². The average molecular weight is 341 g/mol. The molecule has 4 heteroatoms. The molecule has 1 aromatic rings. The Bertz CT molecular complexity index is 619. The fourth-order valence-corrected chi connectivity index (χ4v) is 5.63. The van der Waals surface area contributed by atoms with Crippen LogP contribution < -0.4 is 5.32 Å². The van der Waals surface area contributed by atoms with Crippen molar-refractivity contribution in [3.05, 3.63) is 35.9 Å². The predicted octanol–water partition coefficient (Wildman–Crippen LogP) is 3.45. The number of carbonyl (C=O) groups is 2. The van der Waals surface area contributed by atoms with Crippen LogP contribution in [-0.4, -0.2) is 18.0 Å². The number of esters is 1. The van der Waals surface area contributed by atoms with Gasteiger partial charge in [0.1, 0.15) is 0 Å². The first-order valence-electron chi connectivity index (χ1n) is 9.57. The summed E-state index contributed by atoms with van der Waals surface area (Å²) >= 11 is 0. The summed E-state index contributed by atoms with van der Waals surface area (Å²) in [4.78, 5) is 25.2. The minimum Gasteiger partial charge on any atom is -0.452 e. The number of benzene rings is 1. The monoisotopic (exact) mass is 341 g/mol. The number of nitrogens with one attached hydrogen (secondary N) is 1. The quantitative estimate of drug-likeness (QED) is 0.835. The Balaban J connectivity index is 1.33. The molecule has 1 amide bonds. The molecule has 0 saturated heterocycles. The average Bonchev–Trinajstić information content (AvgIpc) is 2.59.